The lowest BCUT2D eigenvalue weighted by Gasteiger charge is -2.23. The van der Waals surface area contributed by atoms with Gasteiger partial charge in [0.25, 0.3) is 0 Å². The molecule has 1 aromatic rings. The van der Waals surface area contributed by atoms with Crippen LogP contribution in [0.1, 0.15) is 17.5 Å². The highest BCUT2D eigenvalue weighted by molar-refractivity contribution is 5.82. The van der Waals surface area contributed by atoms with Crippen molar-refractivity contribution in [2.24, 2.45) is 0 Å². The first-order chi connectivity index (χ1) is 10.1. The largest absolute Gasteiger partial charge is 0.480 e. The maximum atomic E-state index is 12.2. The van der Waals surface area contributed by atoms with Crippen LogP contribution in [0.2, 0.25) is 0 Å². The molecule has 0 aliphatic carbocycles. The van der Waals surface area contributed by atoms with Crippen LogP contribution in [0, 0.1) is 0 Å². The first-order valence-corrected chi connectivity index (χ1v) is 7.07. The van der Waals surface area contributed by atoms with Crippen LogP contribution in [0.25, 0.3) is 0 Å². The van der Waals surface area contributed by atoms with Crippen molar-refractivity contribution in [3.05, 3.63) is 48.0 Å². The number of benzene rings is 1. The van der Waals surface area contributed by atoms with Gasteiger partial charge in [-0.3, -0.25) is 0 Å². The van der Waals surface area contributed by atoms with E-state index in [1.165, 1.54) is 17.2 Å². The summed E-state index contributed by atoms with van der Waals surface area (Å²) in [7, 11) is 0. The van der Waals surface area contributed by atoms with Crippen molar-refractivity contribution in [1.29, 1.82) is 0 Å². The number of rotatable bonds is 4. The van der Waals surface area contributed by atoms with E-state index in [1.54, 1.807) is 4.90 Å². The van der Waals surface area contributed by atoms with Crippen molar-refractivity contribution in [3.8, 4) is 0 Å². The summed E-state index contributed by atoms with van der Waals surface area (Å²) in [6, 6.07) is 6.92. The number of hydrogen-bond donors (Lipinski definition) is 2. The standard InChI is InChI=1S/C16H20N2O3/c1-2-5-14(15(19)20)17-16(21)18-10-8-12-6-3-4-7-13(12)9-11-18/h2-4,6-7,14H,1,5,8-11H2,(H,17,21)(H,19,20). The van der Waals surface area contributed by atoms with Crippen molar-refractivity contribution in [2.45, 2.75) is 25.3 Å². The summed E-state index contributed by atoms with van der Waals surface area (Å²) in [4.78, 5) is 25.0. The Morgan fingerprint density at radius 3 is 2.33 bits per heavy atom. The molecule has 1 unspecified atom stereocenters. The van der Waals surface area contributed by atoms with Gasteiger partial charge in [-0.15, -0.1) is 6.58 Å². The van der Waals surface area contributed by atoms with Gasteiger partial charge in [-0.1, -0.05) is 30.3 Å². The van der Waals surface area contributed by atoms with Gasteiger partial charge in [0.05, 0.1) is 0 Å². The monoisotopic (exact) mass is 288 g/mol. The molecule has 1 aromatic carbocycles. The van der Waals surface area contributed by atoms with E-state index in [9.17, 15) is 9.59 Å². The van der Waals surface area contributed by atoms with E-state index in [0.717, 1.165) is 12.8 Å². The number of fused-ring (bicyclic) bond motifs is 1. The number of carboxylic acid groups (broad SMARTS) is 1. The fourth-order valence-electron chi connectivity index (χ4n) is 2.50. The van der Waals surface area contributed by atoms with Gasteiger partial charge in [-0.25, -0.2) is 9.59 Å². The normalized spacial score (nSPS) is 15.5. The molecule has 1 heterocycles. The molecule has 1 aliphatic rings. The number of carbonyl (C=O) groups is 2. The minimum Gasteiger partial charge on any atom is -0.480 e. The maximum absolute atomic E-state index is 12.2. The summed E-state index contributed by atoms with van der Waals surface area (Å²) in [5, 5.41) is 11.6. The first-order valence-electron chi connectivity index (χ1n) is 7.07. The van der Waals surface area contributed by atoms with Crippen molar-refractivity contribution in [3.63, 3.8) is 0 Å². The number of urea groups is 1. The van der Waals surface area contributed by atoms with Crippen LogP contribution >= 0.6 is 0 Å². The zero-order valence-corrected chi connectivity index (χ0v) is 11.9. The molecule has 0 saturated carbocycles. The molecule has 112 valence electrons. The number of aliphatic carboxylic acids is 1. The summed E-state index contributed by atoms with van der Waals surface area (Å²) in [6.45, 7) is 4.72. The van der Waals surface area contributed by atoms with Crippen LogP contribution in [0.4, 0.5) is 4.79 Å². The molecule has 21 heavy (non-hydrogen) atoms. The average molecular weight is 288 g/mol. The highest BCUT2D eigenvalue weighted by Gasteiger charge is 2.23. The number of carboxylic acids is 1. The van der Waals surface area contributed by atoms with Gasteiger partial charge in [0.15, 0.2) is 0 Å². The Bertz CT molecular complexity index is 515. The van der Waals surface area contributed by atoms with Crippen molar-refractivity contribution >= 4 is 12.0 Å². The van der Waals surface area contributed by atoms with Gasteiger partial charge in [-0.2, -0.15) is 0 Å². The fourth-order valence-corrected chi connectivity index (χ4v) is 2.50. The van der Waals surface area contributed by atoms with E-state index >= 15 is 0 Å². The second-order valence-corrected chi connectivity index (χ2v) is 5.12. The molecule has 0 saturated heterocycles. The van der Waals surface area contributed by atoms with Crippen LogP contribution in [0.15, 0.2) is 36.9 Å². The van der Waals surface area contributed by atoms with Gasteiger partial charge in [0, 0.05) is 13.1 Å². The molecule has 0 aromatic heterocycles. The Balaban J connectivity index is 1.98. The van der Waals surface area contributed by atoms with Crippen LogP contribution in [0.3, 0.4) is 0 Å². The summed E-state index contributed by atoms with van der Waals surface area (Å²) in [5.74, 6) is -1.04. The summed E-state index contributed by atoms with van der Waals surface area (Å²) in [6.07, 6.45) is 3.30. The Kier molecular flexibility index (Phi) is 4.98. The smallest absolute Gasteiger partial charge is 0.326 e. The molecule has 2 N–H and O–H groups in total. The van der Waals surface area contributed by atoms with Crippen LogP contribution < -0.4 is 5.32 Å². The summed E-state index contributed by atoms with van der Waals surface area (Å²) in [5.41, 5.74) is 2.52. The molecule has 0 fully saturated rings. The third kappa shape index (κ3) is 3.84. The predicted octanol–water partition coefficient (Wildman–Crippen LogP) is 1.83. The molecular weight excluding hydrogens is 268 g/mol. The second-order valence-electron chi connectivity index (χ2n) is 5.12. The molecular formula is C16H20N2O3. The van der Waals surface area contributed by atoms with E-state index in [4.69, 9.17) is 5.11 Å². The Morgan fingerprint density at radius 2 is 1.86 bits per heavy atom. The number of amides is 2. The average Bonchev–Trinajstić information content (AvgIpc) is 2.69. The number of hydrogen-bond acceptors (Lipinski definition) is 2. The summed E-state index contributed by atoms with van der Waals surface area (Å²) >= 11 is 0. The van der Waals surface area contributed by atoms with Gasteiger partial charge < -0.3 is 15.3 Å². The van der Waals surface area contributed by atoms with Crippen LogP contribution in [-0.2, 0) is 17.6 Å². The molecule has 0 radical (unpaired) electrons. The van der Waals surface area contributed by atoms with Crippen LogP contribution in [0.5, 0.6) is 0 Å². The van der Waals surface area contributed by atoms with E-state index in [0.29, 0.717) is 13.1 Å². The minimum absolute atomic E-state index is 0.217. The number of nitrogens with one attached hydrogen (secondary N) is 1. The fraction of sp³-hybridized carbons (Fsp3) is 0.375. The second kappa shape index (κ2) is 6.92. The molecule has 0 spiro atoms. The molecule has 1 atom stereocenters. The van der Waals surface area contributed by atoms with Gasteiger partial charge >= 0.3 is 12.0 Å². The molecule has 5 nitrogen and oxygen atoms in total. The van der Waals surface area contributed by atoms with Gasteiger partial charge in [0.2, 0.25) is 0 Å². The molecule has 1 aliphatic heterocycles. The molecule has 0 bridgehead atoms. The third-order valence-corrected chi connectivity index (χ3v) is 3.71. The van der Waals surface area contributed by atoms with Crippen molar-refractivity contribution < 1.29 is 14.7 Å². The highest BCUT2D eigenvalue weighted by Crippen LogP contribution is 2.15. The molecule has 5 heteroatoms. The zero-order chi connectivity index (χ0) is 15.2. The van der Waals surface area contributed by atoms with Crippen LogP contribution in [-0.4, -0.2) is 41.1 Å². The van der Waals surface area contributed by atoms with Crippen molar-refractivity contribution in [1.82, 2.24) is 10.2 Å². The van der Waals surface area contributed by atoms with E-state index in [1.807, 2.05) is 12.1 Å². The van der Waals surface area contributed by atoms with E-state index in [2.05, 4.69) is 24.0 Å². The first kappa shape index (κ1) is 15.1. The Morgan fingerprint density at radius 1 is 1.29 bits per heavy atom. The number of nitrogens with zero attached hydrogens (tertiary/aromatic N) is 1. The van der Waals surface area contributed by atoms with Gasteiger partial charge in [0.1, 0.15) is 6.04 Å². The minimum atomic E-state index is -1.04. The SMILES string of the molecule is C=CCC(NC(=O)N1CCc2ccccc2CC1)C(=O)O. The Labute approximate surface area is 124 Å². The third-order valence-electron chi connectivity index (χ3n) is 3.71. The lowest BCUT2D eigenvalue weighted by atomic mass is 10.0. The number of carbonyl (C=O) groups excluding carboxylic acids is 1. The maximum Gasteiger partial charge on any atom is 0.326 e. The summed E-state index contributed by atoms with van der Waals surface area (Å²) < 4.78 is 0. The predicted molar refractivity (Wildman–Crippen MR) is 80.2 cm³/mol. The van der Waals surface area contributed by atoms with E-state index in [-0.39, 0.29) is 12.5 Å². The Hall–Kier alpha value is -2.30. The quantitative estimate of drug-likeness (QED) is 0.830. The molecule has 2 amide bonds. The van der Waals surface area contributed by atoms with E-state index < -0.39 is 12.0 Å². The van der Waals surface area contributed by atoms with Gasteiger partial charge in [-0.05, 0) is 30.4 Å². The molecule has 2 rings (SSSR count). The zero-order valence-electron chi connectivity index (χ0n) is 11.9. The lowest BCUT2D eigenvalue weighted by Crippen LogP contribution is -2.48. The van der Waals surface area contributed by atoms with Crippen molar-refractivity contribution in [2.75, 3.05) is 13.1 Å². The highest BCUT2D eigenvalue weighted by atomic mass is 16.4. The topological polar surface area (TPSA) is 69.6 Å². The lowest BCUT2D eigenvalue weighted by molar-refractivity contribution is -0.139.